The van der Waals surface area contributed by atoms with Gasteiger partial charge in [-0.05, 0) is 19.1 Å². The van der Waals surface area contributed by atoms with E-state index in [1.807, 2.05) is 6.26 Å². The largest absolute Gasteiger partial charge is 0.353 e. The molecule has 0 saturated heterocycles. The summed E-state index contributed by atoms with van der Waals surface area (Å²) in [5.41, 5.74) is 0. The molecule has 0 heterocycles. The molecule has 0 aromatic rings. The summed E-state index contributed by atoms with van der Waals surface area (Å²) in [6, 6.07) is 0.234. The first kappa shape index (κ1) is 10.6. The molecule has 74 valence electrons. The number of carbonyl (C=O) groups excluding carboxylic acids is 2. The van der Waals surface area contributed by atoms with Gasteiger partial charge >= 0.3 is 0 Å². The van der Waals surface area contributed by atoms with Gasteiger partial charge in [-0.15, -0.1) is 0 Å². The summed E-state index contributed by atoms with van der Waals surface area (Å²) in [6.45, 7) is 0. The molecular weight excluding hydrogens is 186 g/mol. The number of ketones is 1. The molecule has 1 aliphatic rings. The number of hydrogen-bond donors (Lipinski definition) is 1. The Kier molecular flexibility index (Phi) is 4.28. The van der Waals surface area contributed by atoms with Crippen LogP contribution in [-0.2, 0) is 9.59 Å². The second-order valence-electron chi connectivity index (χ2n) is 3.31. The highest BCUT2D eigenvalue weighted by Crippen LogP contribution is 2.14. The van der Waals surface area contributed by atoms with E-state index in [0.29, 0.717) is 24.4 Å². The first-order valence-electron chi connectivity index (χ1n) is 4.52. The average Bonchev–Trinajstić information content (AvgIpc) is 2.09. The van der Waals surface area contributed by atoms with Crippen LogP contribution < -0.4 is 5.32 Å². The number of hydrogen-bond acceptors (Lipinski definition) is 3. The number of thioether (sulfide) groups is 1. The quantitative estimate of drug-likeness (QED) is 0.740. The van der Waals surface area contributed by atoms with Crippen molar-refractivity contribution in [2.45, 2.75) is 31.7 Å². The third kappa shape index (κ3) is 3.81. The minimum atomic E-state index is 0.0897. The number of amides is 1. The van der Waals surface area contributed by atoms with Gasteiger partial charge in [-0.25, -0.2) is 0 Å². The third-order valence-electron chi connectivity index (χ3n) is 2.18. The number of nitrogens with one attached hydrogen (secondary N) is 1. The van der Waals surface area contributed by atoms with E-state index in [-0.39, 0.29) is 11.9 Å². The molecule has 0 atom stereocenters. The number of rotatable bonds is 3. The lowest BCUT2D eigenvalue weighted by Gasteiger charge is -2.21. The SMILES string of the molecule is CSCC(=O)NC1CCC(=O)CC1. The number of Topliss-reactive ketones (excluding diaryl/α,β-unsaturated/α-hetero) is 1. The molecule has 0 radical (unpaired) electrons. The molecule has 13 heavy (non-hydrogen) atoms. The second-order valence-corrected chi connectivity index (χ2v) is 4.18. The monoisotopic (exact) mass is 201 g/mol. The van der Waals surface area contributed by atoms with E-state index in [9.17, 15) is 9.59 Å². The Bertz CT molecular complexity index is 196. The molecular formula is C9H15NO2S. The maximum Gasteiger partial charge on any atom is 0.230 e. The van der Waals surface area contributed by atoms with Crippen LogP contribution in [0.3, 0.4) is 0 Å². The van der Waals surface area contributed by atoms with Gasteiger partial charge in [0.05, 0.1) is 5.75 Å². The lowest BCUT2D eigenvalue weighted by molar-refractivity contribution is -0.123. The van der Waals surface area contributed by atoms with Crippen LogP contribution in [0.2, 0.25) is 0 Å². The Hall–Kier alpha value is -0.510. The molecule has 0 aliphatic heterocycles. The van der Waals surface area contributed by atoms with E-state index < -0.39 is 0 Å². The minimum absolute atomic E-state index is 0.0897. The molecule has 0 spiro atoms. The molecule has 0 bridgehead atoms. The van der Waals surface area contributed by atoms with Crippen molar-refractivity contribution in [3.05, 3.63) is 0 Å². The van der Waals surface area contributed by atoms with Gasteiger partial charge in [-0.2, -0.15) is 11.8 Å². The van der Waals surface area contributed by atoms with Gasteiger partial charge in [0.2, 0.25) is 5.91 Å². The Labute approximate surface area is 82.6 Å². The van der Waals surface area contributed by atoms with Crippen LogP contribution in [-0.4, -0.2) is 29.7 Å². The zero-order valence-corrected chi connectivity index (χ0v) is 8.65. The van der Waals surface area contributed by atoms with E-state index >= 15 is 0 Å². The fourth-order valence-electron chi connectivity index (χ4n) is 1.48. The third-order valence-corrected chi connectivity index (χ3v) is 2.73. The maximum atomic E-state index is 11.2. The average molecular weight is 201 g/mol. The van der Waals surface area contributed by atoms with Crippen LogP contribution >= 0.6 is 11.8 Å². The normalized spacial score (nSPS) is 18.7. The predicted octanol–water partition coefficient (Wildman–Crippen LogP) is 0.977. The topological polar surface area (TPSA) is 46.2 Å². The van der Waals surface area contributed by atoms with Crippen molar-refractivity contribution in [2.24, 2.45) is 0 Å². The van der Waals surface area contributed by atoms with Crippen molar-refractivity contribution in [3.63, 3.8) is 0 Å². The van der Waals surface area contributed by atoms with Gasteiger partial charge < -0.3 is 5.32 Å². The molecule has 1 aliphatic carbocycles. The van der Waals surface area contributed by atoms with Gasteiger partial charge in [0.1, 0.15) is 5.78 Å². The zero-order valence-electron chi connectivity index (χ0n) is 7.84. The van der Waals surface area contributed by atoms with Crippen molar-refractivity contribution in [1.29, 1.82) is 0 Å². The molecule has 0 unspecified atom stereocenters. The Morgan fingerprint density at radius 3 is 2.69 bits per heavy atom. The van der Waals surface area contributed by atoms with E-state index in [4.69, 9.17) is 0 Å². The molecule has 0 aromatic heterocycles. The van der Waals surface area contributed by atoms with Gasteiger partial charge in [0.15, 0.2) is 0 Å². The molecule has 0 aromatic carbocycles. The fraction of sp³-hybridized carbons (Fsp3) is 0.778. The standard InChI is InChI=1S/C9H15NO2S/c1-13-6-9(12)10-7-2-4-8(11)5-3-7/h7H,2-6H2,1H3,(H,10,12). The lowest BCUT2D eigenvalue weighted by Crippen LogP contribution is -2.38. The summed E-state index contributed by atoms with van der Waals surface area (Å²) in [4.78, 5) is 22.1. The molecule has 4 heteroatoms. The lowest BCUT2D eigenvalue weighted by atomic mass is 9.94. The van der Waals surface area contributed by atoms with Crippen LogP contribution in [0.15, 0.2) is 0 Å². The highest BCUT2D eigenvalue weighted by Gasteiger charge is 2.19. The Morgan fingerprint density at radius 2 is 2.15 bits per heavy atom. The van der Waals surface area contributed by atoms with Crippen molar-refractivity contribution < 1.29 is 9.59 Å². The summed E-state index contributed by atoms with van der Waals surface area (Å²) in [6.07, 6.45) is 4.80. The molecule has 1 N–H and O–H groups in total. The molecule has 1 amide bonds. The van der Waals surface area contributed by atoms with Gasteiger partial charge in [-0.1, -0.05) is 0 Å². The summed E-state index contributed by atoms with van der Waals surface area (Å²) in [5.74, 6) is 0.937. The predicted molar refractivity (Wildman–Crippen MR) is 53.8 cm³/mol. The maximum absolute atomic E-state index is 11.2. The summed E-state index contributed by atoms with van der Waals surface area (Å²) in [7, 11) is 0. The minimum Gasteiger partial charge on any atom is -0.353 e. The van der Waals surface area contributed by atoms with Crippen molar-refractivity contribution >= 4 is 23.5 Å². The first-order valence-corrected chi connectivity index (χ1v) is 5.91. The number of carbonyl (C=O) groups is 2. The highest BCUT2D eigenvalue weighted by molar-refractivity contribution is 7.99. The van der Waals surface area contributed by atoms with Crippen LogP contribution in [0.1, 0.15) is 25.7 Å². The van der Waals surface area contributed by atoms with Crippen LogP contribution in [0.5, 0.6) is 0 Å². The van der Waals surface area contributed by atoms with Gasteiger partial charge in [0, 0.05) is 18.9 Å². The fourth-order valence-corrected chi connectivity index (χ4v) is 1.83. The van der Waals surface area contributed by atoms with Crippen molar-refractivity contribution in [2.75, 3.05) is 12.0 Å². The van der Waals surface area contributed by atoms with Crippen LogP contribution in [0.4, 0.5) is 0 Å². The van der Waals surface area contributed by atoms with Crippen LogP contribution in [0.25, 0.3) is 0 Å². The molecule has 1 fully saturated rings. The van der Waals surface area contributed by atoms with Crippen molar-refractivity contribution in [1.82, 2.24) is 5.32 Å². The molecule has 1 rings (SSSR count). The Balaban J connectivity index is 2.22. The van der Waals surface area contributed by atoms with Gasteiger partial charge in [-0.3, -0.25) is 9.59 Å². The Morgan fingerprint density at radius 1 is 1.54 bits per heavy atom. The van der Waals surface area contributed by atoms with E-state index in [1.165, 1.54) is 11.8 Å². The summed E-state index contributed by atoms with van der Waals surface area (Å²) in [5, 5.41) is 2.93. The zero-order chi connectivity index (χ0) is 9.68. The van der Waals surface area contributed by atoms with E-state index in [1.54, 1.807) is 0 Å². The molecule has 1 saturated carbocycles. The summed E-state index contributed by atoms with van der Waals surface area (Å²) < 4.78 is 0. The first-order chi connectivity index (χ1) is 6.22. The highest BCUT2D eigenvalue weighted by atomic mass is 32.2. The summed E-state index contributed by atoms with van der Waals surface area (Å²) >= 11 is 1.52. The molecule has 3 nitrogen and oxygen atoms in total. The van der Waals surface area contributed by atoms with Gasteiger partial charge in [0.25, 0.3) is 0 Å². The van der Waals surface area contributed by atoms with Crippen molar-refractivity contribution in [3.8, 4) is 0 Å². The van der Waals surface area contributed by atoms with E-state index in [0.717, 1.165) is 12.8 Å². The second kappa shape index (κ2) is 5.27. The smallest absolute Gasteiger partial charge is 0.230 e. The van der Waals surface area contributed by atoms with Crippen LogP contribution in [0, 0.1) is 0 Å². The van der Waals surface area contributed by atoms with E-state index in [2.05, 4.69) is 5.32 Å².